The second-order valence-electron chi connectivity index (χ2n) is 5.44. The maximum absolute atomic E-state index is 12.5. The van der Waals surface area contributed by atoms with Crippen LogP contribution in [0.2, 0.25) is 0 Å². The van der Waals surface area contributed by atoms with Crippen LogP contribution < -0.4 is 19.5 Å². The minimum atomic E-state index is -0.330. The van der Waals surface area contributed by atoms with Crippen LogP contribution in [-0.2, 0) is 11.3 Å². The van der Waals surface area contributed by atoms with Gasteiger partial charge < -0.3 is 19.5 Å². The van der Waals surface area contributed by atoms with E-state index in [4.69, 9.17) is 14.2 Å². The van der Waals surface area contributed by atoms with Crippen molar-refractivity contribution in [1.82, 2.24) is 15.1 Å². The first-order valence-electron chi connectivity index (χ1n) is 7.96. The number of nitrogens with zero attached hydrogens (tertiary/aromatic N) is 2. The Bertz CT molecular complexity index is 700. The molecule has 0 aliphatic carbocycles. The maximum Gasteiger partial charge on any atom is 0.245 e. The maximum atomic E-state index is 12.5. The molecule has 0 bridgehead atoms. The molecule has 128 valence electrons. The van der Waals surface area contributed by atoms with Gasteiger partial charge in [0, 0.05) is 30.6 Å². The highest BCUT2D eigenvalue weighted by molar-refractivity contribution is 5.80. The molecule has 0 saturated carbocycles. The van der Waals surface area contributed by atoms with E-state index in [2.05, 4.69) is 10.4 Å². The largest absolute Gasteiger partial charge is 0.496 e. The van der Waals surface area contributed by atoms with Crippen LogP contribution in [0.1, 0.15) is 24.9 Å². The molecule has 3 rings (SSSR count). The lowest BCUT2D eigenvalue weighted by molar-refractivity contribution is -0.124. The Morgan fingerprint density at radius 1 is 1.38 bits per heavy atom. The lowest BCUT2D eigenvalue weighted by Crippen LogP contribution is -2.32. The van der Waals surface area contributed by atoms with Crippen LogP contribution in [0.5, 0.6) is 17.2 Å². The number of amides is 1. The highest BCUT2D eigenvalue weighted by Crippen LogP contribution is 2.36. The fraction of sp³-hybridized carbons (Fsp3) is 0.412. The Morgan fingerprint density at radius 3 is 2.75 bits per heavy atom. The smallest absolute Gasteiger partial charge is 0.245 e. The highest BCUT2D eigenvalue weighted by atomic mass is 16.6. The molecule has 1 aliphatic rings. The van der Waals surface area contributed by atoms with E-state index in [9.17, 15) is 4.79 Å². The van der Waals surface area contributed by atoms with Gasteiger partial charge in [-0.1, -0.05) is 6.92 Å². The number of nitrogens with one attached hydrogen (secondary N) is 1. The number of hydrogen-bond donors (Lipinski definition) is 1. The summed E-state index contributed by atoms with van der Waals surface area (Å²) in [6, 6.07) is 5.12. The molecule has 0 spiro atoms. The molecule has 1 N–H and O–H groups in total. The second-order valence-corrected chi connectivity index (χ2v) is 5.44. The summed E-state index contributed by atoms with van der Waals surface area (Å²) in [4.78, 5) is 12.5. The molecule has 0 unspecified atom stereocenters. The van der Waals surface area contributed by atoms with E-state index >= 15 is 0 Å². The van der Waals surface area contributed by atoms with Crippen molar-refractivity contribution in [3.05, 3.63) is 36.2 Å². The van der Waals surface area contributed by atoms with E-state index in [-0.39, 0.29) is 11.9 Å². The van der Waals surface area contributed by atoms with Crippen LogP contribution in [0.3, 0.4) is 0 Å². The third-order valence-corrected chi connectivity index (χ3v) is 3.93. The first kappa shape index (κ1) is 16.2. The average Bonchev–Trinajstić information content (AvgIpc) is 3.14. The standard InChI is InChI=1S/C17H21N3O4/c1-3-13(20-6-4-5-19-20)17(21)18-11-12-9-15-16(10-14(12)22-2)24-8-7-23-15/h4-6,9-10,13H,3,7-8,11H2,1-2H3,(H,18,21)/t13-/m1/s1. The van der Waals surface area contributed by atoms with Crippen LogP contribution in [0.4, 0.5) is 0 Å². The number of benzene rings is 1. The zero-order valence-electron chi connectivity index (χ0n) is 13.8. The molecule has 1 aromatic heterocycles. The average molecular weight is 331 g/mol. The summed E-state index contributed by atoms with van der Waals surface area (Å²) in [7, 11) is 1.59. The van der Waals surface area contributed by atoms with Gasteiger partial charge in [-0.3, -0.25) is 9.48 Å². The lowest BCUT2D eigenvalue weighted by atomic mass is 10.1. The van der Waals surface area contributed by atoms with Gasteiger partial charge in [0.1, 0.15) is 25.0 Å². The Balaban J connectivity index is 1.72. The minimum Gasteiger partial charge on any atom is -0.496 e. The fourth-order valence-electron chi connectivity index (χ4n) is 2.70. The van der Waals surface area contributed by atoms with Crippen LogP contribution in [-0.4, -0.2) is 36.0 Å². The molecular formula is C17H21N3O4. The summed E-state index contributed by atoms with van der Waals surface area (Å²) >= 11 is 0. The van der Waals surface area contributed by atoms with Gasteiger partial charge >= 0.3 is 0 Å². The number of hydrogen-bond acceptors (Lipinski definition) is 5. The first-order chi connectivity index (χ1) is 11.7. The van der Waals surface area contributed by atoms with Crippen LogP contribution >= 0.6 is 0 Å². The monoisotopic (exact) mass is 331 g/mol. The molecule has 7 nitrogen and oxygen atoms in total. The second kappa shape index (κ2) is 7.25. The van der Waals surface area contributed by atoms with Crippen molar-refractivity contribution in [3.8, 4) is 17.2 Å². The van der Waals surface area contributed by atoms with Crippen molar-refractivity contribution < 1.29 is 19.0 Å². The predicted octanol–water partition coefficient (Wildman–Crippen LogP) is 1.93. The normalized spacial score (nSPS) is 14.1. The number of aromatic nitrogens is 2. The molecule has 0 radical (unpaired) electrons. The number of rotatable bonds is 6. The van der Waals surface area contributed by atoms with Gasteiger partial charge in [-0.05, 0) is 18.6 Å². The van der Waals surface area contributed by atoms with Crippen LogP contribution in [0, 0.1) is 0 Å². The SMILES string of the molecule is CC[C@H](C(=O)NCc1cc2c(cc1OC)OCCO2)n1cccn1. The fourth-order valence-corrected chi connectivity index (χ4v) is 2.70. The van der Waals surface area contributed by atoms with Crippen molar-refractivity contribution >= 4 is 5.91 Å². The van der Waals surface area contributed by atoms with E-state index in [0.29, 0.717) is 43.4 Å². The molecule has 1 amide bonds. The summed E-state index contributed by atoms with van der Waals surface area (Å²) < 4.78 is 18.2. The van der Waals surface area contributed by atoms with Gasteiger partial charge in [0.15, 0.2) is 11.5 Å². The topological polar surface area (TPSA) is 74.6 Å². The summed E-state index contributed by atoms with van der Waals surface area (Å²) in [5, 5.41) is 7.09. The molecule has 1 atom stereocenters. The first-order valence-corrected chi connectivity index (χ1v) is 7.96. The summed E-state index contributed by atoms with van der Waals surface area (Å²) in [6.07, 6.45) is 4.12. The molecule has 0 saturated heterocycles. The molecule has 2 aromatic rings. The van der Waals surface area contributed by atoms with Gasteiger partial charge in [-0.2, -0.15) is 5.10 Å². The summed E-state index contributed by atoms with van der Waals surface area (Å²) in [6.45, 7) is 3.34. The van der Waals surface area contributed by atoms with Gasteiger partial charge in [-0.25, -0.2) is 0 Å². The minimum absolute atomic E-state index is 0.0851. The van der Waals surface area contributed by atoms with Crippen molar-refractivity contribution in [2.24, 2.45) is 0 Å². The summed E-state index contributed by atoms with van der Waals surface area (Å²) in [5.41, 5.74) is 0.838. The van der Waals surface area contributed by atoms with Crippen molar-refractivity contribution in [2.45, 2.75) is 25.9 Å². The van der Waals surface area contributed by atoms with Gasteiger partial charge in [0.25, 0.3) is 0 Å². The number of carbonyl (C=O) groups excluding carboxylic acids is 1. The summed E-state index contributed by atoms with van der Waals surface area (Å²) in [5.74, 6) is 1.91. The molecule has 2 heterocycles. The van der Waals surface area contributed by atoms with Crippen LogP contribution in [0.15, 0.2) is 30.6 Å². The lowest BCUT2D eigenvalue weighted by Gasteiger charge is -2.21. The Morgan fingerprint density at radius 2 is 2.12 bits per heavy atom. The van der Waals surface area contributed by atoms with Crippen molar-refractivity contribution in [1.29, 1.82) is 0 Å². The number of fused-ring (bicyclic) bond motifs is 1. The van der Waals surface area contributed by atoms with Crippen LogP contribution in [0.25, 0.3) is 0 Å². The Kier molecular flexibility index (Phi) is 4.88. The van der Waals surface area contributed by atoms with E-state index < -0.39 is 0 Å². The number of ether oxygens (including phenoxy) is 3. The number of carbonyl (C=O) groups is 1. The molecular weight excluding hydrogens is 310 g/mol. The molecule has 7 heteroatoms. The van der Waals surface area contributed by atoms with Gasteiger partial charge in [-0.15, -0.1) is 0 Å². The molecule has 1 aromatic carbocycles. The molecule has 24 heavy (non-hydrogen) atoms. The molecule has 0 fully saturated rings. The van der Waals surface area contributed by atoms with Crippen molar-refractivity contribution in [2.75, 3.05) is 20.3 Å². The third-order valence-electron chi connectivity index (χ3n) is 3.93. The Hall–Kier alpha value is -2.70. The third kappa shape index (κ3) is 3.29. The Labute approximate surface area is 140 Å². The molecule has 1 aliphatic heterocycles. The van der Waals surface area contributed by atoms with Gasteiger partial charge in [0.05, 0.1) is 7.11 Å². The number of methoxy groups -OCH3 is 1. The van der Waals surface area contributed by atoms with E-state index in [0.717, 1.165) is 5.56 Å². The zero-order valence-corrected chi connectivity index (χ0v) is 13.8. The highest BCUT2D eigenvalue weighted by Gasteiger charge is 2.20. The van der Waals surface area contributed by atoms with E-state index in [1.54, 1.807) is 36.3 Å². The van der Waals surface area contributed by atoms with E-state index in [1.807, 2.05) is 13.0 Å². The quantitative estimate of drug-likeness (QED) is 0.875. The zero-order chi connectivity index (χ0) is 16.9. The predicted molar refractivity (Wildman–Crippen MR) is 87.4 cm³/mol. The van der Waals surface area contributed by atoms with E-state index in [1.165, 1.54) is 0 Å². The van der Waals surface area contributed by atoms with Crippen molar-refractivity contribution in [3.63, 3.8) is 0 Å². The van der Waals surface area contributed by atoms with Gasteiger partial charge in [0.2, 0.25) is 5.91 Å².